The van der Waals surface area contributed by atoms with Gasteiger partial charge in [0, 0.05) is 45.7 Å². The van der Waals surface area contributed by atoms with Crippen LogP contribution in [-0.4, -0.2) is 69.1 Å². The van der Waals surface area contributed by atoms with Crippen molar-refractivity contribution in [3.63, 3.8) is 0 Å². The maximum Gasteiger partial charge on any atom is 0.225 e. The van der Waals surface area contributed by atoms with Crippen LogP contribution in [0.25, 0.3) is 0 Å². The SMILES string of the molecule is COc1ccccc1N1CCN(CCCCN(C)C(=O)C2CCCCC2)CC1. The number of unbranched alkanes of at least 4 members (excludes halogenated alkanes) is 1. The lowest BCUT2D eigenvalue weighted by atomic mass is 9.88. The highest BCUT2D eigenvalue weighted by molar-refractivity contribution is 5.78. The highest BCUT2D eigenvalue weighted by Crippen LogP contribution is 2.28. The molecule has 1 saturated heterocycles. The van der Waals surface area contributed by atoms with Crippen LogP contribution in [0.2, 0.25) is 0 Å². The summed E-state index contributed by atoms with van der Waals surface area (Å²) in [6.07, 6.45) is 8.21. The predicted molar refractivity (Wildman–Crippen MR) is 115 cm³/mol. The van der Waals surface area contributed by atoms with Crippen LogP contribution >= 0.6 is 0 Å². The number of para-hydroxylation sites is 2. The Bertz CT molecular complexity index is 608. The quantitative estimate of drug-likeness (QED) is 0.638. The van der Waals surface area contributed by atoms with Crippen molar-refractivity contribution in [3.8, 4) is 5.75 Å². The summed E-state index contributed by atoms with van der Waals surface area (Å²) < 4.78 is 5.50. The Morgan fingerprint density at radius 1 is 1.07 bits per heavy atom. The van der Waals surface area contributed by atoms with Crippen LogP contribution < -0.4 is 9.64 Å². The molecule has 1 amide bonds. The van der Waals surface area contributed by atoms with Crippen LogP contribution in [0.5, 0.6) is 5.75 Å². The molecular formula is C23H37N3O2. The van der Waals surface area contributed by atoms with Gasteiger partial charge in [0.05, 0.1) is 12.8 Å². The van der Waals surface area contributed by atoms with E-state index in [4.69, 9.17) is 4.74 Å². The zero-order valence-corrected chi connectivity index (χ0v) is 17.7. The van der Waals surface area contributed by atoms with Gasteiger partial charge >= 0.3 is 0 Å². The predicted octanol–water partition coefficient (Wildman–Crippen LogP) is 3.64. The van der Waals surface area contributed by atoms with Crippen LogP contribution in [-0.2, 0) is 4.79 Å². The molecule has 5 heteroatoms. The molecule has 28 heavy (non-hydrogen) atoms. The Morgan fingerprint density at radius 3 is 2.50 bits per heavy atom. The van der Waals surface area contributed by atoms with Gasteiger partial charge in [-0.3, -0.25) is 9.69 Å². The van der Waals surface area contributed by atoms with E-state index in [1.54, 1.807) is 7.11 Å². The van der Waals surface area contributed by atoms with E-state index >= 15 is 0 Å². The number of piperazine rings is 1. The fraction of sp³-hybridized carbons (Fsp3) is 0.696. The normalized spacial score (nSPS) is 18.9. The molecular weight excluding hydrogens is 350 g/mol. The van der Waals surface area contributed by atoms with Gasteiger partial charge < -0.3 is 14.5 Å². The van der Waals surface area contributed by atoms with E-state index in [1.165, 1.54) is 24.9 Å². The lowest BCUT2D eigenvalue weighted by Gasteiger charge is -2.36. The number of amides is 1. The number of benzene rings is 1. The van der Waals surface area contributed by atoms with Gasteiger partial charge in [0.15, 0.2) is 0 Å². The smallest absolute Gasteiger partial charge is 0.225 e. The average molecular weight is 388 g/mol. The van der Waals surface area contributed by atoms with E-state index in [0.717, 1.165) is 70.7 Å². The third-order valence-corrected chi connectivity index (χ3v) is 6.35. The van der Waals surface area contributed by atoms with Crippen molar-refractivity contribution in [2.45, 2.75) is 44.9 Å². The van der Waals surface area contributed by atoms with E-state index in [9.17, 15) is 4.79 Å². The first kappa shape index (κ1) is 21.0. The molecule has 0 unspecified atom stereocenters. The molecule has 1 saturated carbocycles. The number of anilines is 1. The monoisotopic (exact) mass is 387 g/mol. The van der Waals surface area contributed by atoms with Crippen molar-refractivity contribution in [2.24, 2.45) is 5.92 Å². The molecule has 1 heterocycles. The minimum Gasteiger partial charge on any atom is -0.495 e. The van der Waals surface area contributed by atoms with E-state index in [1.807, 2.05) is 24.1 Å². The summed E-state index contributed by atoms with van der Waals surface area (Å²) in [5.74, 6) is 1.63. The van der Waals surface area contributed by atoms with Gasteiger partial charge in [0.1, 0.15) is 5.75 Å². The van der Waals surface area contributed by atoms with Crippen molar-refractivity contribution in [1.82, 2.24) is 9.80 Å². The number of carbonyl (C=O) groups excluding carboxylic acids is 1. The molecule has 0 N–H and O–H groups in total. The van der Waals surface area contributed by atoms with Gasteiger partial charge in [-0.2, -0.15) is 0 Å². The Morgan fingerprint density at radius 2 is 1.79 bits per heavy atom. The zero-order chi connectivity index (χ0) is 19.8. The first-order valence-corrected chi connectivity index (χ1v) is 11.0. The summed E-state index contributed by atoms with van der Waals surface area (Å²) in [4.78, 5) is 19.5. The average Bonchev–Trinajstić information content (AvgIpc) is 2.77. The van der Waals surface area contributed by atoms with E-state index in [2.05, 4.69) is 21.9 Å². The van der Waals surface area contributed by atoms with Crippen molar-refractivity contribution in [3.05, 3.63) is 24.3 Å². The summed E-state index contributed by atoms with van der Waals surface area (Å²) in [5, 5.41) is 0. The van der Waals surface area contributed by atoms with Gasteiger partial charge in [-0.05, 0) is 44.4 Å². The Hall–Kier alpha value is -1.75. The van der Waals surface area contributed by atoms with Crippen molar-refractivity contribution < 1.29 is 9.53 Å². The van der Waals surface area contributed by atoms with Crippen molar-refractivity contribution in [1.29, 1.82) is 0 Å². The Labute approximate surface area is 170 Å². The van der Waals surface area contributed by atoms with Gasteiger partial charge in [-0.25, -0.2) is 0 Å². The van der Waals surface area contributed by atoms with Crippen molar-refractivity contribution in [2.75, 3.05) is 58.3 Å². The first-order chi connectivity index (χ1) is 13.7. The molecule has 0 atom stereocenters. The molecule has 156 valence electrons. The third-order valence-electron chi connectivity index (χ3n) is 6.35. The standard InChI is InChI=1S/C23H37N3O2/c1-24(23(27)20-10-4-3-5-11-20)14-8-9-15-25-16-18-26(19-17-25)21-12-6-7-13-22(21)28-2/h6-7,12-13,20H,3-5,8-11,14-19H2,1-2H3. The number of carbonyl (C=O) groups is 1. The minimum absolute atomic E-state index is 0.293. The molecule has 5 nitrogen and oxygen atoms in total. The highest BCUT2D eigenvalue weighted by Gasteiger charge is 2.24. The molecule has 2 fully saturated rings. The van der Waals surface area contributed by atoms with Gasteiger partial charge in [0.2, 0.25) is 5.91 Å². The summed E-state index contributed by atoms with van der Waals surface area (Å²) in [5.41, 5.74) is 1.20. The lowest BCUT2D eigenvalue weighted by Crippen LogP contribution is -2.46. The minimum atomic E-state index is 0.293. The van der Waals surface area contributed by atoms with Crippen molar-refractivity contribution >= 4 is 11.6 Å². The summed E-state index contributed by atoms with van der Waals surface area (Å²) in [6, 6.07) is 8.28. The molecule has 1 aromatic rings. The number of nitrogens with zero attached hydrogens (tertiary/aromatic N) is 3. The second kappa shape index (κ2) is 10.7. The number of hydrogen-bond donors (Lipinski definition) is 0. The Balaban J connectivity index is 1.33. The number of ether oxygens (including phenoxy) is 1. The maximum absolute atomic E-state index is 12.5. The van der Waals surface area contributed by atoms with Crippen LogP contribution in [0.3, 0.4) is 0 Å². The molecule has 2 aliphatic rings. The largest absolute Gasteiger partial charge is 0.495 e. The fourth-order valence-corrected chi connectivity index (χ4v) is 4.56. The topological polar surface area (TPSA) is 36.0 Å². The highest BCUT2D eigenvalue weighted by atomic mass is 16.5. The van der Waals surface area contributed by atoms with Crippen LogP contribution in [0.1, 0.15) is 44.9 Å². The second-order valence-electron chi connectivity index (χ2n) is 8.30. The van der Waals surface area contributed by atoms with Gasteiger partial charge in [0.25, 0.3) is 0 Å². The maximum atomic E-state index is 12.5. The molecule has 0 radical (unpaired) electrons. The number of hydrogen-bond acceptors (Lipinski definition) is 4. The fourth-order valence-electron chi connectivity index (χ4n) is 4.56. The molecule has 0 aromatic heterocycles. The van der Waals surface area contributed by atoms with E-state index < -0.39 is 0 Å². The number of rotatable bonds is 8. The molecule has 0 bridgehead atoms. The summed E-state index contributed by atoms with van der Waals surface area (Å²) in [6.45, 7) is 6.30. The third kappa shape index (κ3) is 5.63. The van der Waals surface area contributed by atoms with E-state index in [0.29, 0.717) is 11.8 Å². The number of methoxy groups -OCH3 is 1. The molecule has 3 rings (SSSR count). The van der Waals surface area contributed by atoms with E-state index in [-0.39, 0.29) is 0 Å². The molecule has 0 spiro atoms. The van der Waals surface area contributed by atoms with Gasteiger partial charge in [-0.1, -0.05) is 31.4 Å². The summed E-state index contributed by atoms with van der Waals surface area (Å²) in [7, 11) is 3.73. The van der Waals surface area contributed by atoms with Crippen LogP contribution in [0.15, 0.2) is 24.3 Å². The Kier molecular flexibility index (Phi) is 8.01. The molecule has 1 aliphatic carbocycles. The zero-order valence-electron chi connectivity index (χ0n) is 17.7. The van der Waals surface area contributed by atoms with Crippen LogP contribution in [0, 0.1) is 5.92 Å². The van der Waals surface area contributed by atoms with Gasteiger partial charge in [-0.15, -0.1) is 0 Å². The van der Waals surface area contributed by atoms with Crippen LogP contribution in [0.4, 0.5) is 5.69 Å². The molecule has 1 aromatic carbocycles. The lowest BCUT2D eigenvalue weighted by molar-refractivity contribution is -0.135. The second-order valence-corrected chi connectivity index (χ2v) is 8.30. The molecule has 1 aliphatic heterocycles. The first-order valence-electron chi connectivity index (χ1n) is 11.0. The summed E-state index contributed by atoms with van der Waals surface area (Å²) >= 11 is 0.